The van der Waals surface area contributed by atoms with E-state index >= 15 is 0 Å². The van der Waals surface area contributed by atoms with Crippen LogP contribution >= 0.6 is 0 Å². The van der Waals surface area contributed by atoms with Gasteiger partial charge in [-0.15, -0.1) is 0 Å². The first-order valence-electron chi connectivity index (χ1n) is 22.6. The second-order valence-corrected chi connectivity index (χ2v) is 24.0. The molecule has 0 spiro atoms. The number of ether oxygens (including phenoxy) is 2. The molecular formula is C48H58N3O17S4+. The highest BCUT2D eigenvalue weighted by molar-refractivity contribution is 7.87. The van der Waals surface area contributed by atoms with Crippen LogP contribution in [-0.2, 0) is 65.6 Å². The highest BCUT2D eigenvalue weighted by Gasteiger charge is 2.47. The fraction of sp³-hybridized carbons (Fsp3) is 0.396. The Labute approximate surface area is 418 Å². The highest BCUT2D eigenvalue weighted by atomic mass is 32.2. The molecule has 0 saturated heterocycles. The van der Waals surface area contributed by atoms with E-state index in [2.05, 4.69) is 5.32 Å². The third-order valence-electron chi connectivity index (χ3n) is 13.0. The molecule has 6 rings (SSSR count). The zero-order valence-corrected chi connectivity index (χ0v) is 43.4. The van der Waals surface area contributed by atoms with Gasteiger partial charge in [-0.05, 0) is 105 Å². The van der Waals surface area contributed by atoms with E-state index in [-0.39, 0.29) is 72.7 Å². The molecule has 24 heteroatoms. The van der Waals surface area contributed by atoms with Gasteiger partial charge in [0, 0.05) is 91.0 Å². The van der Waals surface area contributed by atoms with Crippen molar-refractivity contribution < 1.29 is 80.6 Å². The average Bonchev–Trinajstić information content (AvgIpc) is 3.64. The number of carbonyl (C=O) groups is 2. The largest absolute Gasteiger partial charge is 0.481 e. The number of carboxylic acids is 1. The lowest BCUT2D eigenvalue weighted by Crippen LogP contribution is -2.31. The number of unbranched alkanes of at least 4 members (excludes halogenated alkanes) is 2. The Kier molecular flexibility index (Phi) is 16.8. The number of allylic oxidation sites excluding steroid dienone is 6. The number of anilines is 1. The molecule has 6 N–H and O–H groups in total. The first kappa shape index (κ1) is 55.9. The number of nitrogens with zero attached hydrogens (tertiary/aromatic N) is 2. The minimum atomic E-state index is -5.00. The predicted octanol–water partition coefficient (Wildman–Crippen LogP) is 6.22. The Morgan fingerprint density at radius 1 is 0.722 bits per heavy atom. The summed E-state index contributed by atoms with van der Waals surface area (Å²) in [4.78, 5) is 24.6. The molecule has 0 aromatic heterocycles. The molecule has 1 atom stereocenters. The molecule has 0 bridgehead atoms. The molecule has 390 valence electrons. The molecule has 2 aliphatic rings. The van der Waals surface area contributed by atoms with Crippen molar-refractivity contribution in [1.29, 1.82) is 0 Å². The maximum Gasteiger partial charge on any atom is 0.303 e. The van der Waals surface area contributed by atoms with Crippen molar-refractivity contribution in [1.82, 2.24) is 5.32 Å². The molecule has 2 heterocycles. The fourth-order valence-corrected chi connectivity index (χ4v) is 12.4. The summed E-state index contributed by atoms with van der Waals surface area (Å²) in [5.74, 6) is -2.19. The van der Waals surface area contributed by atoms with Crippen LogP contribution in [0.1, 0.15) is 80.8 Å². The van der Waals surface area contributed by atoms with Crippen LogP contribution in [-0.4, -0.2) is 132 Å². The monoisotopic (exact) mass is 1080 g/mol. The number of carboxylic acid groups (broad SMARTS) is 1. The van der Waals surface area contributed by atoms with Crippen molar-refractivity contribution in [2.75, 3.05) is 57.7 Å². The SMILES string of the molecule is COCCNC(=O)c1cc(S(=O)(=O)O)c2ccc3c(c2c1)C(C)(CCCS(=O)(=O)O)\C(=C/C=C/C=C/C1=[N+](CCCCCC(=O)O)c2ccc4c(S(=O)(=O)O)cc(S(=O)(=O)O)cc4c2C1(C)C)N3CCOC. The number of fused-ring (bicyclic) bond motifs is 6. The van der Waals surface area contributed by atoms with Crippen LogP contribution in [0.4, 0.5) is 11.4 Å². The van der Waals surface area contributed by atoms with Gasteiger partial charge in [-0.2, -0.15) is 38.2 Å². The van der Waals surface area contributed by atoms with Crippen molar-refractivity contribution in [3.8, 4) is 0 Å². The summed E-state index contributed by atoms with van der Waals surface area (Å²) in [5, 5.41) is 12.4. The first-order valence-corrected chi connectivity index (χ1v) is 28.5. The van der Waals surface area contributed by atoms with Crippen LogP contribution in [0.15, 0.2) is 99.3 Å². The number of nitrogens with one attached hydrogen (secondary N) is 1. The maximum atomic E-state index is 13.5. The van der Waals surface area contributed by atoms with Crippen molar-refractivity contribution in [3.63, 3.8) is 0 Å². The van der Waals surface area contributed by atoms with Crippen LogP contribution < -0.4 is 10.2 Å². The van der Waals surface area contributed by atoms with E-state index in [0.717, 1.165) is 12.1 Å². The summed E-state index contributed by atoms with van der Waals surface area (Å²) in [6.07, 6.45) is 10.2. The lowest BCUT2D eigenvalue weighted by molar-refractivity contribution is -0.438. The van der Waals surface area contributed by atoms with Gasteiger partial charge >= 0.3 is 5.97 Å². The Bertz CT molecular complexity index is 3420. The van der Waals surface area contributed by atoms with Gasteiger partial charge in [-0.3, -0.25) is 27.8 Å². The second-order valence-electron chi connectivity index (χ2n) is 18.2. The molecule has 0 aliphatic carbocycles. The van der Waals surface area contributed by atoms with Gasteiger partial charge in [0.15, 0.2) is 5.71 Å². The summed E-state index contributed by atoms with van der Waals surface area (Å²) in [7, 11) is -16.4. The molecule has 72 heavy (non-hydrogen) atoms. The van der Waals surface area contributed by atoms with E-state index in [1.807, 2.05) is 30.2 Å². The lowest BCUT2D eigenvalue weighted by Gasteiger charge is -2.30. The van der Waals surface area contributed by atoms with Crippen LogP contribution in [0, 0.1) is 0 Å². The van der Waals surface area contributed by atoms with Crippen LogP contribution in [0.2, 0.25) is 0 Å². The highest BCUT2D eigenvalue weighted by Crippen LogP contribution is 2.54. The smallest absolute Gasteiger partial charge is 0.303 e. The molecule has 0 saturated carbocycles. The third-order valence-corrected chi connectivity index (χ3v) is 16.4. The van der Waals surface area contributed by atoms with E-state index in [0.29, 0.717) is 65.8 Å². The summed E-state index contributed by atoms with van der Waals surface area (Å²) < 4.78 is 153. The van der Waals surface area contributed by atoms with Gasteiger partial charge < -0.3 is 24.8 Å². The minimum Gasteiger partial charge on any atom is -0.481 e. The third kappa shape index (κ3) is 12.0. The van der Waals surface area contributed by atoms with Crippen molar-refractivity contribution >= 4 is 91.0 Å². The average molecular weight is 1080 g/mol. The molecule has 1 unspecified atom stereocenters. The van der Waals surface area contributed by atoms with Crippen molar-refractivity contribution in [2.45, 2.75) is 84.8 Å². The zero-order chi connectivity index (χ0) is 53.2. The summed E-state index contributed by atoms with van der Waals surface area (Å²) in [6, 6.07) is 10.7. The van der Waals surface area contributed by atoms with E-state index in [1.165, 1.54) is 32.4 Å². The Morgan fingerprint density at radius 3 is 1.97 bits per heavy atom. The molecule has 4 aromatic rings. The van der Waals surface area contributed by atoms with E-state index in [9.17, 15) is 66.6 Å². The standard InChI is InChI=1S/C48H57N3O17S4/c1-47(2)41(50(22-11-7-10-15-43(52)53)37-18-16-34-36(44(37)47)29-32(70(58,59)60)30-40(34)72(64,65)66)13-8-6-9-14-42-48(3,20-12-26-69(55,56)57)45-35-27-31(46(54)49-21-24-67-4)28-39(71(61,62)63)33(35)17-19-38(45)51(42)23-25-68-5/h6,8-9,13-14,16-19,27-30H,7,10-12,15,20-26H2,1-5H3,(H5-,49,52,53,54,55,56,57,58,59,60,61,62,63,64,65,66)/p+1. The van der Waals surface area contributed by atoms with E-state index in [4.69, 9.17) is 9.47 Å². The number of benzene rings is 4. The summed E-state index contributed by atoms with van der Waals surface area (Å²) >= 11 is 0. The molecule has 0 fully saturated rings. The number of carbonyl (C=O) groups excluding carboxylic acids is 1. The molecular weight excluding hydrogens is 1020 g/mol. The Morgan fingerprint density at radius 2 is 1.36 bits per heavy atom. The predicted molar refractivity (Wildman–Crippen MR) is 269 cm³/mol. The molecule has 20 nitrogen and oxygen atoms in total. The fourth-order valence-electron chi connectivity index (χ4n) is 9.84. The molecule has 0 radical (unpaired) electrons. The van der Waals surface area contributed by atoms with Crippen molar-refractivity contribution in [2.24, 2.45) is 0 Å². The molecule has 4 aromatic carbocycles. The van der Waals surface area contributed by atoms with Crippen molar-refractivity contribution in [3.05, 3.63) is 101 Å². The van der Waals surface area contributed by atoms with Crippen LogP contribution in [0.5, 0.6) is 0 Å². The zero-order valence-electron chi connectivity index (χ0n) is 40.2. The van der Waals surface area contributed by atoms with Gasteiger partial charge in [0.25, 0.3) is 46.4 Å². The number of rotatable bonds is 23. The quantitative estimate of drug-likeness (QED) is 0.0208. The number of hydrogen-bond acceptors (Lipinski definition) is 13. The van der Waals surface area contributed by atoms with Gasteiger partial charge in [0.05, 0.1) is 29.3 Å². The summed E-state index contributed by atoms with van der Waals surface area (Å²) in [5.41, 5.74) is 1.19. The normalized spacial score (nSPS) is 17.8. The lowest BCUT2D eigenvalue weighted by atomic mass is 9.75. The first-order chi connectivity index (χ1) is 33.6. The Balaban J connectivity index is 1.51. The Hall–Kier alpha value is -5.41. The number of amides is 1. The van der Waals surface area contributed by atoms with Gasteiger partial charge in [0.2, 0.25) is 5.69 Å². The summed E-state index contributed by atoms with van der Waals surface area (Å²) in [6.45, 7) is 6.55. The number of aliphatic carboxylic acids is 1. The van der Waals surface area contributed by atoms with Gasteiger partial charge in [-0.1, -0.05) is 24.3 Å². The number of hydrogen-bond donors (Lipinski definition) is 6. The van der Waals surface area contributed by atoms with Gasteiger partial charge in [-0.25, -0.2) is 0 Å². The topological polar surface area (TPSA) is 309 Å². The van der Waals surface area contributed by atoms with Gasteiger partial charge in [0.1, 0.15) is 16.3 Å². The molecule has 1 amide bonds. The second kappa shape index (κ2) is 21.6. The minimum absolute atomic E-state index is 0.00802. The maximum absolute atomic E-state index is 13.5. The van der Waals surface area contributed by atoms with Crippen LogP contribution in [0.3, 0.4) is 0 Å². The van der Waals surface area contributed by atoms with Crippen LogP contribution in [0.25, 0.3) is 21.5 Å². The van der Waals surface area contributed by atoms with E-state index < -0.39 is 83.6 Å². The number of methoxy groups -OCH3 is 2. The van der Waals surface area contributed by atoms with E-state index in [1.54, 1.807) is 42.5 Å². The molecule has 2 aliphatic heterocycles.